The van der Waals surface area contributed by atoms with Crippen LogP contribution in [0.4, 0.5) is 4.39 Å². The zero-order valence-corrected chi connectivity index (χ0v) is 9.75. The first kappa shape index (κ1) is 11.6. The molecule has 1 aromatic carbocycles. The van der Waals surface area contributed by atoms with Crippen molar-refractivity contribution in [3.8, 4) is 16.9 Å². The number of rotatable bonds is 3. The minimum Gasteiger partial charge on any atom is -0.496 e. The minimum absolute atomic E-state index is 0.175. The van der Waals surface area contributed by atoms with Crippen LogP contribution in [0.3, 0.4) is 0 Å². The molecule has 0 atom stereocenters. The van der Waals surface area contributed by atoms with Crippen LogP contribution in [0.5, 0.6) is 5.75 Å². The lowest BCUT2D eigenvalue weighted by atomic mass is 10.1. The molecule has 5 heteroatoms. The van der Waals surface area contributed by atoms with E-state index in [0.29, 0.717) is 16.9 Å². The Morgan fingerprint density at radius 2 is 2.12 bits per heavy atom. The van der Waals surface area contributed by atoms with Gasteiger partial charge in [-0.2, -0.15) is 0 Å². The Bertz CT molecular complexity index is 563. The number of hydrogen-bond acceptors (Lipinski definition) is 3. The number of halogens is 1. The Morgan fingerprint density at radius 3 is 2.76 bits per heavy atom. The van der Waals surface area contributed by atoms with Crippen molar-refractivity contribution in [2.75, 3.05) is 7.11 Å². The Kier molecular flexibility index (Phi) is 3.10. The molecule has 2 aromatic rings. The Labute approximate surface area is 101 Å². The third-order valence-electron chi connectivity index (χ3n) is 2.31. The highest BCUT2D eigenvalue weighted by Crippen LogP contribution is 2.35. The van der Waals surface area contributed by atoms with E-state index in [4.69, 9.17) is 9.84 Å². The molecule has 0 fully saturated rings. The van der Waals surface area contributed by atoms with Gasteiger partial charge in [0.25, 0.3) is 0 Å². The molecule has 0 aliphatic rings. The second kappa shape index (κ2) is 4.55. The van der Waals surface area contributed by atoms with E-state index in [1.807, 2.05) is 0 Å². The lowest BCUT2D eigenvalue weighted by Gasteiger charge is -2.08. The standard InChI is InChI=1S/C12H9FO3S/c1-16-10-3-2-7(13)6-9(10)8-4-5-17-11(8)12(14)15/h2-6H,1H3,(H,14,15). The average molecular weight is 252 g/mol. The fraction of sp³-hybridized carbons (Fsp3) is 0.0833. The fourth-order valence-electron chi connectivity index (χ4n) is 1.58. The summed E-state index contributed by atoms with van der Waals surface area (Å²) in [5, 5.41) is 10.7. The van der Waals surface area contributed by atoms with E-state index in [9.17, 15) is 9.18 Å². The van der Waals surface area contributed by atoms with Gasteiger partial charge in [0.1, 0.15) is 16.4 Å². The number of carboxylic acids is 1. The van der Waals surface area contributed by atoms with Crippen LogP contribution < -0.4 is 4.74 Å². The van der Waals surface area contributed by atoms with E-state index in [2.05, 4.69) is 0 Å². The van der Waals surface area contributed by atoms with Crippen molar-refractivity contribution in [2.24, 2.45) is 0 Å². The Balaban J connectivity index is 2.63. The van der Waals surface area contributed by atoms with Gasteiger partial charge in [0.2, 0.25) is 0 Å². The van der Waals surface area contributed by atoms with E-state index >= 15 is 0 Å². The summed E-state index contributed by atoms with van der Waals surface area (Å²) >= 11 is 1.10. The van der Waals surface area contributed by atoms with Gasteiger partial charge in [-0.3, -0.25) is 0 Å². The van der Waals surface area contributed by atoms with Crippen LogP contribution in [0.2, 0.25) is 0 Å². The largest absolute Gasteiger partial charge is 0.496 e. The van der Waals surface area contributed by atoms with Gasteiger partial charge in [0, 0.05) is 11.1 Å². The van der Waals surface area contributed by atoms with E-state index in [0.717, 1.165) is 11.3 Å². The summed E-state index contributed by atoms with van der Waals surface area (Å²) in [6, 6.07) is 5.67. The molecule has 0 amide bonds. The molecular formula is C12H9FO3S. The smallest absolute Gasteiger partial charge is 0.346 e. The Hall–Kier alpha value is -1.88. The maximum absolute atomic E-state index is 13.2. The number of methoxy groups -OCH3 is 1. The second-order valence-corrected chi connectivity index (χ2v) is 4.23. The van der Waals surface area contributed by atoms with Crippen LogP contribution in [0.25, 0.3) is 11.1 Å². The molecule has 17 heavy (non-hydrogen) atoms. The van der Waals surface area contributed by atoms with Gasteiger partial charge in [0.15, 0.2) is 0 Å². The summed E-state index contributed by atoms with van der Waals surface area (Å²) in [7, 11) is 1.46. The Morgan fingerprint density at radius 1 is 1.35 bits per heavy atom. The number of ether oxygens (including phenoxy) is 1. The minimum atomic E-state index is -1.03. The summed E-state index contributed by atoms with van der Waals surface area (Å²) in [5.41, 5.74) is 0.921. The maximum Gasteiger partial charge on any atom is 0.346 e. The molecule has 3 nitrogen and oxygen atoms in total. The average Bonchev–Trinajstić information content (AvgIpc) is 2.77. The molecule has 1 aromatic heterocycles. The zero-order valence-electron chi connectivity index (χ0n) is 8.94. The summed E-state index contributed by atoms with van der Waals surface area (Å²) in [6.45, 7) is 0. The van der Waals surface area contributed by atoms with Crippen molar-refractivity contribution < 1.29 is 19.0 Å². The van der Waals surface area contributed by atoms with Crippen LogP contribution in [0.1, 0.15) is 9.67 Å². The van der Waals surface area contributed by atoms with Crippen molar-refractivity contribution in [1.82, 2.24) is 0 Å². The monoisotopic (exact) mass is 252 g/mol. The third kappa shape index (κ3) is 2.14. The second-order valence-electron chi connectivity index (χ2n) is 3.31. The molecule has 0 aliphatic heterocycles. The van der Waals surface area contributed by atoms with E-state index in [1.54, 1.807) is 11.4 Å². The van der Waals surface area contributed by atoms with E-state index < -0.39 is 11.8 Å². The van der Waals surface area contributed by atoms with Gasteiger partial charge in [-0.15, -0.1) is 11.3 Å². The van der Waals surface area contributed by atoms with Crippen LogP contribution in [-0.2, 0) is 0 Å². The molecule has 88 valence electrons. The lowest BCUT2D eigenvalue weighted by Crippen LogP contribution is -1.96. The molecule has 0 unspecified atom stereocenters. The van der Waals surface area contributed by atoms with Crippen LogP contribution in [-0.4, -0.2) is 18.2 Å². The van der Waals surface area contributed by atoms with Gasteiger partial charge >= 0.3 is 5.97 Å². The molecule has 0 saturated heterocycles. The van der Waals surface area contributed by atoms with E-state index in [1.165, 1.54) is 25.3 Å². The highest BCUT2D eigenvalue weighted by Gasteiger charge is 2.17. The predicted octanol–water partition coefficient (Wildman–Crippen LogP) is 3.26. The SMILES string of the molecule is COc1ccc(F)cc1-c1ccsc1C(=O)O. The lowest BCUT2D eigenvalue weighted by molar-refractivity contribution is 0.0703. The third-order valence-corrected chi connectivity index (χ3v) is 3.21. The molecule has 0 radical (unpaired) electrons. The van der Waals surface area contributed by atoms with Gasteiger partial charge in [-0.05, 0) is 29.6 Å². The number of benzene rings is 1. The van der Waals surface area contributed by atoms with Crippen molar-refractivity contribution in [3.63, 3.8) is 0 Å². The first-order valence-electron chi connectivity index (χ1n) is 4.78. The van der Waals surface area contributed by atoms with Crippen LogP contribution >= 0.6 is 11.3 Å². The first-order valence-corrected chi connectivity index (χ1v) is 5.66. The molecule has 1 N–H and O–H groups in total. The molecule has 1 heterocycles. The number of hydrogen-bond donors (Lipinski definition) is 1. The van der Waals surface area contributed by atoms with Crippen LogP contribution in [0.15, 0.2) is 29.6 Å². The topological polar surface area (TPSA) is 46.5 Å². The predicted molar refractivity (Wildman–Crippen MR) is 63.2 cm³/mol. The van der Waals surface area contributed by atoms with Crippen LogP contribution in [0, 0.1) is 5.82 Å². The van der Waals surface area contributed by atoms with Gasteiger partial charge in [0.05, 0.1) is 7.11 Å². The van der Waals surface area contributed by atoms with Crippen molar-refractivity contribution >= 4 is 17.3 Å². The zero-order chi connectivity index (χ0) is 12.4. The molecular weight excluding hydrogens is 243 g/mol. The molecule has 0 saturated carbocycles. The van der Waals surface area contributed by atoms with Crippen molar-refractivity contribution in [3.05, 3.63) is 40.3 Å². The summed E-state index contributed by atoms with van der Waals surface area (Å²) in [5.74, 6) is -1.00. The van der Waals surface area contributed by atoms with Gasteiger partial charge in [-0.25, -0.2) is 9.18 Å². The molecule has 0 bridgehead atoms. The van der Waals surface area contributed by atoms with Gasteiger partial charge < -0.3 is 9.84 Å². The van der Waals surface area contributed by atoms with Gasteiger partial charge in [-0.1, -0.05) is 0 Å². The number of aromatic carboxylic acids is 1. The molecule has 0 spiro atoms. The quantitative estimate of drug-likeness (QED) is 0.912. The molecule has 2 rings (SSSR count). The highest BCUT2D eigenvalue weighted by molar-refractivity contribution is 7.12. The number of thiophene rings is 1. The molecule has 0 aliphatic carbocycles. The summed E-state index contributed by atoms with van der Waals surface area (Å²) in [4.78, 5) is 11.2. The summed E-state index contributed by atoms with van der Waals surface area (Å²) < 4.78 is 18.3. The normalized spacial score (nSPS) is 10.2. The first-order chi connectivity index (χ1) is 8.13. The summed E-state index contributed by atoms with van der Waals surface area (Å²) in [6.07, 6.45) is 0. The van der Waals surface area contributed by atoms with Crippen molar-refractivity contribution in [1.29, 1.82) is 0 Å². The number of carbonyl (C=O) groups is 1. The highest BCUT2D eigenvalue weighted by atomic mass is 32.1. The maximum atomic E-state index is 13.2. The van der Waals surface area contributed by atoms with Crippen molar-refractivity contribution in [2.45, 2.75) is 0 Å². The van der Waals surface area contributed by atoms with E-state index in [-0.39, 0.29) is 4.88 Å². The number of carboxylic acid groups (broad SMARTS) is 1. The fourth-order valence-corrected chi connectivity index (χ4v) is 2.32.